The van der Waals surface area contributed by atoms with Crippen LogP contribution in [0.25, 0.3) is 0 Å². The summed E-state index contributed by atoms with van der Waals surface area (Å²) in [5, 5.41) is 2.80. The number of sulfonamides is 1. The van der Waals surface area contributed by atoms with Crippen molar-refractivity contribution in [1.29, 1.82) is 0 Å². The van der Waals surface area contributed by atoms with Crippen LogP contribution in [0.2, 0.25) is 0 Å². The van der Waals surface area contributed by atoms with Crippen molar-refractivity contribution in [2.75, 3.05) is 18.5 Å². The molecule has 2 N–H and O–H groups in total. The third kappa shape index (κ3) is 5.30. The predicted molar refractivity (Wildman–Crippen MR) is 88.9 cm³/mol. The van der Waals surface area contributed by atoms with E-state index in [1.165, 1.54) is 6.07 Å². The second-order valence-electron chi connectivity index (χ2n) is 5.89. The lowest BCUT2D eigenvalue weighted by atomic mass is 10.1. The molecule has 0 atom stereocenters. The molecule has 1 amide bonds. The van der Waals surface area contributed by atoms with Gasteiger partial charge in [0.15, 0.2) is 0 Å². The summed E-state index contributed by atoms with van der Waals surface area (Å²) >= 11 is 0. The van der Waals surface area contributed by atoms with Gasteiger partial charge in [-0.15, -0.1) is 0 Å². The number of anilines is 1. The molecule has 1 heterocycles. The van der Waals surface area contributed by atoms with Crippen LogP contribution >= 0.6 is 0 Å². The van der Waals surface area contributed by atoms with E-state index in [4.69, 9.17) is 4.74 Å². The molecule has 23 heavy (non-hydrogen) atoms. The number of benzene rings is 1. The van der Waals surface area contributed by atoms with E-state index in [1.807, 2.05) is 13.8 Å². The molecule has 0 unspecified atom stereocenters. The van der Waals surface area contributed by atoms with Crippen LogP contribution in [0.3, 0.4) is 0 Å². The monoisotopic (exact) mass is 340 g/mol. The number of aryl methyl sites for hydroxylation is 1. The SMILES string of the molecule is CC(C)OCCCNS(=O)(=O)c1ccc2c(c1)CCCC(=O)N2. The lowest BCUT2D eigenvalue weighted by molar-refractivity contribution is -0.116. The average molecular weight is 340 g/mol. The molecule has 1 aliphatic rings. The molecular formula is C16H24N2O4S. The van der Waals surface area contributed by atoms with E-state index in [2.05, 4.69) is 10.0 Å². The highest BCUT2D eigenvalue weighted by Gasteiger charge is 2.18. The van der Waals surface area contributed by atoms with Gasteiger partial charge in [-0.3, -0.25) is 4.79 Å². The van der Waals surface area contributed by atoms with Gasteiger partial charge in [0.2, 0.25) is 15.9 Å². The van der Waals surface area contributed by atoms with E-state index in [0.29, 0.717) is 38.1 Å². The maximum atomic E-state index is 12.3. The smallest absolute Gasteiger partial charge is 0.240 e. The number of fused-ring (bicyclic) bond motifs is 1. The van der Waals surface area contributed by atoms with Crippen LogP contribution in [0.15, 0.2) is 23.1 Å². The summed E-state index contributed by atoms with van der Waals surface area (Å²) in [6.45, 7) is 4.75. The van der Waals surface area contributed by atoms with E-state index in [0.717, 1.165) is 12.0 Å². The molecule has 1 aromatic carbocycles. The Morgan fingerprint density at radius 1 is 1.30 bits per heavy atom. The first-order valence-corrected chi connectivity index (χ1v) is 9.41. The van der Waals surface area contributed by atoms with Gasteiger partial charge in [-0.05, 0) is 56.9 Å². The molecule has 0 radical (unpaired) electrons. The van der Waals surface area contributed by atoms with Gasteiger partial charge in [-0.25, -0.2) is 13.1 Å². The third-order valence-corrected chi connectivity index (χ3v) is 5.03. The normalized spacial score (nSPS) is 15.2. The summed E-state index contributed by atoms with van der Waals surface area (Å²) in [4.78, 5) is 11.8. The van der Waals surface area contributed by atoms with Gasteiger partial charge in [0, 0.05) is 25.3 Å². The van der Waals surface area contributed by atoms with E-state index in [-0.39, 0.29) is 16.9 Å². The average Bonchev–Trinajstić information content (AvgIpc) is 2.66. The first kappa shape index (κ1) is 17.9. The highest BCUT2D eigenvalue weighted by molar-refractivity contribution is 7.89. The predicted octanol–water partition coefficient (Wildman–Crippen LogP) is 2.05. The maximum Gasteiger partial charge on any atom is 0.240 e. The summed E-state index contributed by atoms with van der Waals surface area (Å²) in [6.07, 6.45) is 2.65. The molecule has 1 aliphatic heterocycles. The van der Waals surface area contributed by atoms with Crippen molar-refractivity contribution in [3.63, 3.8) is 0 Å². The van der Waals surface area contributed by atoms with Crippen molar-refractivity contribution in [3.05, 3.63) is 23.8 Å². The van der Waals surface area contributed by atoms with Crippen LogP contribution < -0.4 is 10.0 Å². The molecule has 7 heteroatoms. The fraction of sp³-hybridized carbons (Fsp3) is 0.562. The summed E-state index contributed by atoms with van der Waals surface area (Å²) in [7, 11) is -3.54. The molecule has 0 saturated carbocycles. The Kier molecular flexibility index (Phi) is 6.15. The Morgan fingerprint density at radius 3 is 2.83 bits per heavy atom. The molecule has 0 bridgehead atoms. The minimum atomic E-state index is -3.54. The minimum absolute atomic E-state index is 0.0253. The van der Waals surface area contributed by atoms with Crippen molar-refractivity contribution in [3.8, 4) is 0 Å². The summed E-state index contributed by atoms with van der Waals surface area (Å²) in [5.74, 6) is -0.0253. The van der Waals surface area contributed by atoms with Crippen molar-refractivity contribution in [2.45, 2.75) is 50.5 Å². The highest BCUT2D eigenvalue weighted by Crippen LogP contribution is 2.25. The van der Waals surface area contributed by atoms with E-state index in [1.54, 1.807) is 12.1 Å². The van der Waals surface area contributed by atoms with Crippen molar-refractivity contribution >= 4 is 21.6 Å². The highest BCUT2D eigenvalue weighted by atomic mass is 32.2. The largest absolute Gasteiger partial charge is 0.379 e. The van der Waals surface area contributed by atoms with Gasteiger partial charge in [0.05, 0.1) is 11.0 Å². The van der Waals surface area contributed by atoms with Crippen LogP contribution in [-0.4, -0.2) is 33.6 Å². The lowest BCUT2D eigenvalue weighted by Crippen LogP contribution is -2.26. The van der Waals surface area contributed by atoms with Gasteiger partial charge in [0.1, 0.15) is 0 Å². The number of carbonyl (C=O) groups excluding carboxylic acids is 1. The number of rotatable bonds is 7. The molecule has 0 saturated heterocycles. The standard InChI is InChI=1S/C16H24N2O4S/c1-12(2)22-10-4-9-17-23(20,21)14-7-8-15-13(11-14)5-3-6-16(19)18-15/h7-8,11-12,17H,3-6,9-10H2,1-2H3,(H,18,19). The number of amides is 1. The molecule has 0 aromatic heterocycles. The summed E-state index contributed by atoms with van der Waals surface area (Å²) in [5.41, 5.74) is 1.57. The van der Waals surface area contributed by atoms with Gasteiger partial charge >= 0.3 is 0 Å². The molecule has 1 aromatic rings. The zero-order chi connectivity index (χ0) is 16.9. The van der Waals surface area contributed by atoms with Gasteiger partial charge < -0.3 is 10.1 Å². The van der Waals surface area contributed by atoms with Gasteiger partial charge in [-0.1, -0.05) is 0 Å². The molecule has 0 spiro atoms. The Labute approximate surface area is 137 Å². The number of hydrogen-bond acceptors (Lipinski definition) is 4. The number of nitrogens with one attached hydrogen (secondary N) is 2. The molecule has 6 nitrogen and oxygen atoms in total. The number of carbonyl (C=O) groups is 1. The maximum absolute atomic E-state index is 12.3. The molecule has 2 rings (SSSR count). The topological polar surface area (TPSA) is 84.5 Å². The van der Waals surface area contributed by atoms with Crippen LogP contribution in [0.4, 0.5) is 5.69 Å². The van der Waals surface area contributed by atoms with Crippen LogP contribution in [0.5, 0.6) is 0 Å². The Morgan fingerprint density at radius 2 is 2.09 bits per heavy atom. The van der Waals surface area contributed by atoms with Crippen molar-refractivity contribution < 1.29 is 17.9 Å². The zero-order valence-electron chi connectivity index (χ0n) is 13.6. The Hall–Kier alpha value is -1.44. The summed E-state index contributed by atoms with van der Waals surface area (Å²) < 4.78 is 32.6. The van der Waals surface area contributed by atoms with Crippen molar-refractivity contribution in [2.24, 2.45) is 0 Å². The first-order valence-electron chi connectivity index (χ1n) is 7.92. The fourth-order valence-corrected chi connectivity index (χ4v) is 3.52. The Bertz CT molecular complexity index is 656. The number of ether oxygens (including phenoxy) is 1. The van der Waals surface area contributed by atoms with Crippen LogP contribution in [0, 0.1) is 0 Å². The van der Waals surface area contributed by atoms with Gasteiger partial charge in [-0.2, -0.15) is 0 Å². The van der Waals surface area contributed by atoms with E-state index >= 15 is 0 Å². The lowest BCUT2D eigenvalue weighted by Gasteiger charge is -2.11. The van der Waals surface area contributed by atoms with Crippen LogP contribution in [-0.2, 0) is 26.0 Å². The van der Waals surface area contributed by atoms with Crippen LogP contribution in [0.1, 0.15) is 38.7 Å². The van der Waals surface area contributed by atoms with Crippen molar-refractivity contribution in [1.82, 2.24) is 4.72 Å². The van der Waals surface area contributed by atoms with E-state index in [9.17, 15) is 13.2 Å². The molecule has 128 valence electrons. The summed E-state index contributed by atoms with van der Waals surface area (Å²) in [6, 6.07) is 4.83. The fourth-order valence-electron chi connectivity index (χ4n) is 2.40. The Balaban J connectivity index is 2.00. The zero-order valence-corrected chi connectivity index (χ0v) is 14.4. The third-order valence-electron chi connectivity index (χ3n) is 3.58. The van der Waals surface area contributed by atoms with E-state index < -0.39 is 10.0 Å². The second-order valence-corrected chi connectivity index (χ2v) is 7.66. The quantitative estimate of drug-likeness (QED) is 0.744. The number of hydrogen-bond donors (Lipinski definition) is 2. The first-order chi connectivity index (χ1) is 10.9. The second kappa shape index (κ2) is 7.90. The molecule has 0 fully saturated rings. The van der Waals surface area contributed by atoms with Gasteiger partial charge in [0.25, 0.3) is 0 Å². The molecular weight excluding hydrogens is 316 g/mol. The molecule has 0 aliphatic carbocycles. The minimum Gasteiger partial charge on any atom is -0.379 e.